The fraction of sp³-hybridized carbons (Fsp3) is 0.474. The number of nitro groups is 1. The van der Waals surface area contributed by atoms with Gasteiger partial charge in [0.1, 0.15) is 5.69 Å². The van der Waals surface area contributed by atoms with Gasteiger partial charge < -0.3 is 9.88 Å². The normalized spacial score (nSPS) is 30.9. The second-order valence-corrected chi connectivity index (χ2v) is 7.84. The van der Waals surface area contributed by atoms with Crippen LogP contribution in [-0.4, -0.2) is 26.3 Å². The Hall–Kier alpha value is -2.70. The summed E-state index contributed by atoms with van der Waals surface area (Å²) in [6.07, 6.45) is 7.18. The van der Waals surface area contributed by atoms with Gasteiger partial charge >= 0.3 is 0 Å². The number of ketones is 1. The molecule has 7 heteroatoms. The molecule has 1 N–H and O–H groups in total. The van der Waals surface area contributed by atoms with Gasteiger partial charge in [-0.05, 0) is 55.1 Å². The lowest BCUT2D eigenvalue weighted by Crippen LogP contribution is -2.14. The van der Waals surface area contributed by atoms with E-state index in [1.54, 1.807) is 29.9 Å². The van der Waals surface area contributed by atoms with Gasteiger partial charge in [0, 0.05) is 37.1 Å². The Morgan fingerprint density at radius 2 is 2.04 bits per heavy atom. The standard InChI is InChI=1S/C19H20N4O3/c1-22-7-6-20-19(22)18(24)12-4-5-13(14(9-12)23(25)26)21-17-15-10-2-3-11(8-10)16(15)17/h4-7,9-11,15-17,21H,2-3,8H2,1H3. The molecular weight excluding hydrogens is 332 g/mol. The van der Waals surface area contributed by atoms with Crippen molar-refractivity contribution in [3.05, 3.63) is 52.1 Å². The van der Waals surface area contributed by atoms with Crippen LogP contribution < -0.4 is 5.32 Å². The predicted octanol–water partition coefficient (Wildman–Crippen LogP) is 3.02. The Kier molecular flexibility index (Phi) is 3.23. The lowest BCUT2D eigenvalue weighted by molar-refractivity contribution is -0.384. The van der Waals surface area contributed by atoms with Crippen molar-refractivity contribution in [1.82, 2.24) is 9.55 Å². The molecule has 1 aromatic heterocycles. The molecule has 2 aromatic rings. The molecule has 2 bridgehead atoms. The molecule has 1 heterocycles. The van der Waals surface area contributed by atoms with E-state index in [9.17, 15) is 14.9 Å². The summed E-state index contributed by atoms with van der Waals surface area (Å²) in [7, 11) is 1.73. The minimum atomic E-state index is -0.412. The molecule has 134 valence electrons. The van der Waals surface area contributed by atoms with E-state index in [4.69, 9.17) is 0 Å². The van der Waals surface area contributed by atoms with E-state index in [1.165, 1.54) is 31.5 Å². The van der Waals surface area contributed by atoms with Gasteiger partial charge in [0.2, 0.25) is 5.78 Å². The Balaban J connectivity index is 1.41. The Labute approximate surface area is 150 Å². The molecule has 5 rings (SSSR count). The van der Waals surface area contributed by atoms with Crippen LogP contribution in [0.4, 0.5) is 11.4 Å². The second-order valence-electron chi connectivity index (χ2n) is 7.84. The van der Waals surface area contributed by atoms with E-state index in [0.29, 0.717) is 23.6 Å². The number of hydrogen-bond donors (Lipinski definition) is 1. The first-order valence-electron chi connectivity index (χ1n) is 9.11. The largest absolute Gasteiger partial charge is 0.376 e. The van der Waals surface area contributed by atoms with Gasteiger partial charge in [0.15, 0.2) is 5.82 Å². The molecule has 0 amide bonds. The zero-order valence-corrected chi connectivity index (χ0v) is 14.5. The van der Waals surface area contributed by atoms with Gasteiger partial charge in [-0.3, -0.25) is 14.9 Å². The van der Waals surface area contributed by atoms with Crippen LogP contribution in [0.15, 0.2) is 30.6 Å². The molecule has 3 fully saturated rings. The summed E-state index contributed by atoms with van der Waals surface area (Å²) in [4.78, 5) is 27.8. The molecule has 3 aliphatic carbocycles. The number of nitrogens with zero attached hydrogens (tertiary/aromatic N) is 3. The van der Waals surface area contributed by atoms with E-state index in [2.05, 4.69) is 10.3 Å². The Bertz CT molecular complexity index is 905. The van der Waals surface area contributed by atoms with Gasteiger partial charge in [0.05, 0.1) is 4.92 Å². The van der Waals surface area contributed by atoms with Crippen LogP contribution in [0.2, 0.25) is 0 Å². The van der Waals surface area contributed by atoms with E-state index in [0.717, 1.165) is 11.8 Å². The van der Waals surface area contributed by atoms with Crippen molar-refractivity contribution in [3.63, 3.8) is 0 Å². The summed E-state index contributed by atoms with van der Waals surface area (Å²) >= 11 is 0. The summed E-state index contributed by atoms with van der Waals surface area (Å²) in [5.74, 6) is 2.92. The molecule has 7 nitrogen and oxygen atoms in total. The molecule has 3 aliphatic rings. The summed E-state index contributed by atoms with van der Waals surface area (Å²) in [5.41, 5.74) is 0.764. The van der Waals surface area contributed by atoms with Crippen LogP contribution in [0.1, 0.15) is 35.4 Å². The number of rotatable bonds is 5. The summed E-state index contributed by atoms with van der Waals surface area (Å²) < 4.78 is 1.61. The zero-order valence-electron chi connectivity index (χ0n) is 14.5. The van der Waals surface area contributed by atoms with Crippen LogP contribution in [0, 0.1) is 33.8 Å². The number of nitro benzene ring substituents is 1. The number of fused-ring (bicyclic) bond motifs is 5. The van der Waals surface area contributed by atoms with E-state index < -0.39 is 4.92 Å². The number of aromatic nitrogens is 2. The molecule has 1 aromatic carbocycles. The van der Waals surface area contributed by atoms with E-state index in [1.807, 2.05) is 0 Å². The van der Waals surface area contributed by atoms with Crippen LogP contribution in [-0.2, 0) is 7.05 Å². The highest BCUT2D eigenvalue weighted by Gasteiger charge is 2.65. The fourth-order valence-electron chi connectivity index (χ4n) is 5.36. The average molecular weight is 352 g/mol. The second kappa shape index (κ2) is 5.40. The van der Waals surface area contributed by atoms with E-state index >= 15 is 0 Å². The van der Waals surface area contributed by atoms with Crippen molar-refractivity contribution in [2.75, 3.05) is 5.32 Å². The molecule has 26 heavy (non-hydrogen) atoms. The van der Waals surface area contributed by atoms with Gasteiger partial charge in [0.25, 0.3) is 5.69 Å². The maximum atomic E-state index is 12.6. The molecule has 4 unspecified atom stereocenters. The lowest BCUT2D eigenvalue weighted by atomic mass is 10.0. The van der Waals surface area contributed by atoms with Crippen molar-refractivity contribution in [1.29, 1.82) is 0 Å². The first kappa shape index (κ1) is 15.5. The zero-order chi connectivity index (χ0) is 18.0. The molecule has 4 atom stereocenters. The van der Waals surface area contributed by atoms with Crippen LogP contribution in [0.25, 0.3) is 0 Å². The Morgan fingerprint density at radius 3 is 2.65 bits per heavy atom. The van der Waals surface area contributed by atoms with Gasteiger partial charge in [-0.15, -0.1) is 0 Å². The number of carbonyl (C=O) groups excluding carboxylic acids is 1. The smallest absolute Gasteiger partial charge is 0.293 e. The number of aryl methyl sites for hydroxylation is 1. The van der Waals surface area contributed by atoms with Crippen LogP contribution in [0.5, 0.6) is 0 Å². The third-order valence-corrected chi connectivity index (χ3v) is 6.54. The molecular formula is C19H20N4O3. The number of nitrogens with one attached hydrogen (secondary N) is 1. The topological polar surface area (TPSA) is 90.1 Å². The van der Waals surface area contributed by atoms with Crippen molar-refractivity contribution in [2.24, 2.45) is 30.7 Å². The number of hydrogen-bond acceptors (Lipinski definition) is 5. The minimum Gasteiger partial charge on any atom is -0.376 e. The quantitative estimate of drug-likeness (QED) is 0.507. The average Bonchev–Trinajstić information content (AvgIpc) is 3.01. The number of imidazole rings is 1. The predicted molar refractivity (Wildman–Crippen MR) is 95.0 cm³/mol. The number of carbonyl (C=O) groups is 1. The van der Waals surface area contributed by atoms with Crippen molar-refractivity contribution < 1.29 is 9.72 Å². The first-order valence-corrected chi connectivity index (χ1v) is 9.11. The van der Waals surface area contributed by atoms with Gasteiger partial charge in [-0.1, -0.05) is 0 Å². The van der Waals surface area contributed by atoms with Crippen LogP contribution >= 0.6 is 0 Å². The maximum Gasteiger partial charge on any atom is 0.293 e. The first-order chi connectivity index (χ1) is 12.5. The molecule has 0 aliphatic heterocycles. The minimum absolute atomic E-state index is 0.0395. The van der Waals surface area contributed by atoms with Crippen LogP contribution in [0.3, 0.4) is 0 Å². The Morgan fingerprint density at radius 1 is 1.31 bits per heavy atom. The molecule has 0 saturated heterocycles. The molecule has 3 saturated carbocycles. The fourth-order valence-corrected chi connectivity index (χ4v) is 5.36. The molecule has 0 radical (unpaired) electrons. The SMILES string of the molecule is Cn1ccnc1C(=O)c1ccc(NC2C3C4CCC(C4)C23)c([N+](=O)[O-])c1. The van der Waals surface area contributed by atoms with Crippen molar-refractivity contribution in [2.45, 2.75) is 25.3 Å². The summed E-state index contributed by atoms with van der Waals surface area (Å²) in [6, 6.07) is 5.05. The van der Waals surface area contributed by atoms with Crippen molar-refractivity contribution >= 4 is 17.2 Å². The summed E-state index contributed by atoms with van der Waals surface area (Å²) in [5, 5.41) is 15.0. The lowest BCUT2D eigenvalue weighted by Gasteiger charge is -2.12. The number of anilines is 1. The monoisotopic (exact) mass is 352 g/mol. The highest BCUT2D eigenvalue weighted by molar-refractivity contribution is 6.07. The number of benzene rings is 1. The van der Waals surface area contributed by atoms with Crippen molar-refractivity contribution in [3.8, 4) is 0 Å². The highest BCUT2D eigenvalue weighted by atomic mass is 16.6. The third kappa shape index (κ3) is 2.19. The highest BCUT2D eigenvalue weighted by Crippen LogP contribution is 2.66. The third-order valence-electron chi connectivity index (χ3n) is 6.54. The van der Waals surface area contributed by atoms with Gasteiger partial charge in [-0.25, -0.2) is 4.98 Å². The summed E-state index contributed by atoms with van der Waals surface area (Å²) in [6.45, 7) is 0. The van der Waals surface area contributed by atoms with Gasteiger partial charge in [-0.2, -0.15) is 0 Å². The molecule has 0 spiro atoms. The van der Waals surface area contributed by atoms with E-state index in [-0.39, 0.29) is 22.9 Å². The maximum absolute atomic E-state index is 12.6.